The topological polar surface area (TPSA) is 65.1 Å². The number of anilines is 1. The van der Waals surface area contributed by atoms with Crippen LogP contribution >= 0.6 is 0 Å². The van der Waals surface area contributed by atoms with Crippen LogP contribution in [0.2, 0.25) is 0 Å². The summed E-state index contributed by atoms with van der Waals surface area (Å²) in [5.74, 6) is -1.20. The fourth-order valence-corrected chi connectivity index (χ4v) is 2.68. The standard InChI is InChI=1S/C18H23NO5/c1-18(2,3)13-8-6-7-9-14(13)19-11-24-10-12(16(20)22-4)15(19)17(21)23-5/h6-9H,10-11H2,1-5H3. The number of esters is 2. The number of ether oxygens (including phenoxy) is 3. The van der Waals surface area contributed by atoms with Gasteiger partial charge in [-0.25, -0.2) is 9.59 Å². The van der Waals surface area contributed by atoms with Crippen molar-refractivity contribution in [1.29, 1.82) is 0 Å². The van der Waals surface area contributed by atoms with E-state index in [2.05, 4.69) is 20.8 Å². The lowest BCUT2D eigenvalue weighted by Crippen LogP contribution is -2.39. The molecule has 0 atom stereocenters. The molecule has 24 heavy (non-hydrogen) atoms. The Hall–Kier alpha value is -2.34. The minimum atomic E-state index is -0.603. The Balaban J connectivity index is 2.65. The Morgan fingerprint density at radius 1 is 1.08 bits per heavy atom. The summed E-state index contributed by atoms with van der Waals surface area (Å²) in [4.78, 5) is 26.1. The molecule has 0 bridgehead atoms. The average molecular weight is 333 g/mol. The van der Waals surface area contributed by atoms with Gasteiger partial charge in [0, 0.05) is 5.69 Å². The minimum absolute atomic E-state index is 0.00525. The third-order valence-electron chi connectivity index (χ3n) is 3.84. The molecule has 130 valence electrons. The molecule has 6 heteroatoms. The third kappa shape index (κ3) is 3.43. The molecule has 0 aliphatic carbocycles. The van der Waals surface area contributed by atoms with Gasteiger partial charge in [0.05, 0.1) is 26.4 Å². The van der Waals surface area contributed by atoms with Gasteiger partial charge in [-0.3, -0.25) is 0 Å². The van der Waals surface area contributed by atoms with E-state index in [1.165, 1.54) is 14.2 Å². The van der Waals surface area contributed by atoms with Gasteiger partial charge >= 0.3 is 11.9 Å². The highest BCUT2D eigenvalue weighted by atomic mass is 16.5. The quantitative estimate of drug-likeness (QED) is 0.791. The van der Waals surface area contributed by atoms with E-state index in [0.717, 1.165) is 11.3 Å². The Morgan fingerprint density at radius 3 is 2.29 bits per heavy atom. The smallest absolute Gasteiger partial charge is 0.355 e. The van der Waals surface area contributed by atoms with Gasteiger partial charge in [0.2, 0.25) is 0 Å². The second-order valence-electron chi connectivity index (χ2n) is 6.48. The molecule has 0 spiro atoms. The Morgan fingerprint density at radius 2 is 1.71 bits per heavy atom. The number of para-hydroxylation sites is 1. The maximum Gasteiger partial charge on any atom is 0.355 e. The lowest BCUT2D eigenvalue weighted by atomic mass is 9.85. The van der Waals surface area contributed by atoms with Crippen molar-refractivity contribution >= 4 is 17.6 Å². The van der Waals surface area contributed by atoms with Gasteiger partial charge in [0.15, 0.2) is 0 Å². The zero-order chi connectivity index (χ0) is 17.9. The first kappa shape index (κ1) is 18.0. The largest absolute Gasteiger partial charge is 0.466 e. The third-order valence-corrected chi connectivity index (χ3v) is 3.84. The fourth-order valence-electron chi connectivity index (χ4n) is 2.68. The summed E-state index contributed by atoms with van der Waals surface area (Å²) >= 11 is 0. The van der Waals surface area contributed by atoms with Crippen LogP contribution in [-0.2, 0) is 29.2 Å². The molecule has 0 radical (unpaired) electrons. The van der Waals surface area contributed by atoms with Crippen molar-refractivity contribution in [2.45, 2.75) is 26.2 Å². The van der Waals surface area contributed by atoms with Crippen LogP contribution in [0.5, 0.6) is 0 Å². The van der Waals surface area contributed by atoms with Crippen LogP contribution in [0.1, 0.15) is 26.3 Å². The Labute approximate surface area is 142 Å². The van der Waals surface area contributed by atoms with Gasteiger partial charge in [0.1, 0.15) is 12.4 Å². The summed E-state index contributed by atoms with van der Waals surface area (Å²) in [5, 5.41) is 0. The molecule has 0 fully saturated rings. The molecule has 0 saturated heterocycles. The summed E-state index contributed by atoms with van der Waals surface area (Å²) in [5.41, 5.74) is 1.99. The summed E-state index contributed by atoms with van der Waals surface area (Å²) in [7, 11) is 2.56. The summed E-state index contributed by atoms with van der Waals surface area (Å²) in [6.45, 7) is 6.40. The van der Waals surface area contributed by atoms with Crippen molar-refractivity contribution < 1.29 is 23.8 Å². The van der Waals surface area contributed by atoms with E-state index in [0.29, 0.717) is 0 Å². The predicted molar refractivity (Wildman–Crippen MR) is 89.5 cm³/mol. The minimum Gasteiger partial charge on any atom is -0.466 e. The number of hydrogen-bond donors (Lipinski definition) is 0. The molecule has 0 aromatic heterocycles. The van der Waals surface area contributed by atoms with Crippen LogP contribution < -0.4 is 4.90 Å². The Kier molecular flexibility index (Phi) is 5.29. The molecule has 1 aliphatic heterocycles. The second kappa shape index (κ2) is 7.05. The van der Waals surface area contributed by atoms with Gasteiger partial charge in [-0.05, 0) is 17.0 Å². The zero-order valence-corrected chi connectivity index (χ0v) is 14.7. The van der Waals surface area contributed by atoms with E-state index >= 15 is 0 Å². The molecule has 1 aromatic rings. The maximum atomic E-state index is 12.4. The molecular weight excluding hydrogens is 310 g/mol. The molecule has 0 amide bonds. The van der Waals surface area contributed by atoms with E-state index < -0.39 is 11.9 Å². The average Bonchev–Trinajstić information content (AvgIpc) is 2.58. The molecule has 1 aliphatic rings. The predicted octanol–water partition coefficient (Wildman–Crippen LogP) is 2.38. The first-order valence-corrected chi connectivity index (χ1v) is 7.65. The van der Waals surface area contributed by atoms with Crippen molar-refractivity contribution in [3.63, 3.8) is 0 Å². The first-order valence-electron chi connectivity index (χ1n) is 7.65. The zero-order valence-electron chi connectivity index (χ0n) is 14.7. The normalized spacial score (nSPS) is 15.3. The molecule has 6 nitrogen and oxygen atoms in total. The van der Waals surface area contributed by atoms with Gasteiger partial charge in [-0.2, -0.15) is 0 Å². The molecule has 0 N–H and O–H groups in total. The van der Waals surface area contributed by atoms with Gasteiger partial charge in [0.25, 0.3) is 0 Å². The van der Waals surface area contributed by atoms with E-state index in [-0.39, 0.29) is 30.0 Å². The van der Waals surface area contributed by atoms with Gasteiger partial charge < -0.3 is 19.1 Å². The number of methoxy groups -OCH3 is 2. The van der Waals surface area contributed by atoms with Crippen LogP contribution in [-0.4, -0.2) is 39.5 Å². The van der Waals surface area contributed by atoms with Crippen LogP contribution in [0.25, 0.3) is 0 Å². The lowest BCUT2D eigenvalue weighted by molar-refractivity contribution is -0.140. The summed E-state index contributed by atoms with van der Waals surface area (Å²) in [6.07, 6.45) is 0. The Bertz CT molecular complexity index is 672. The molecule has 0 saturated carbocycles. The van der Waals surface area contributed by atoms with Crippen LogP contribution in [0.4, 0.5) is 5.69 Å². The monoisotopic (exact) mass is 333 g/mol. The summed E-state index contributed by atoms with van der Waals surface area (Å²) in [6, 6.07) is 7.72. The van der Waals surface area contributed by atoms with Crippen molar-refractivity contribution in [3.05, 3.63) is 41.1 Å². The highest BCUT2D eigenvalue weighted by Crippen LogP contribution is 2.35. The van der Waals surface area contributed by atoms with E-state index in [1.54, 1.807) is 4.90 Å². The second-order valence-corrected chi connectivity index (χ2v) is 6.48. The number of rotatable bonds is 3. The number of carbonyl (C=O) groups excluding carboxylic acids is 2. The number of nitrogens with zero attached hydrogens (tertiary/aromatic N) is 1. The van der Waals surface area contributed by atoms with Crippen molar-refractivity contribution in [2.75, 3.05) is 32.5 Å². The molecule has 1 heterocycles. The summed E-state index contributed by atoms with van der Waals surface area (Å²) < 4.78 is 15.2. The highest BCUT2D eigenvalue weighted by molar-refractivity contribution is 6.03. The SMILES string of the molecule is COC(=O)C1=C(C(=O)OC)N(c2ccccc2C(C)(C)C)COC1. The van der Waals surface area contributed by atoms with Crippen LogP contribution in [0.15, 0.2) is 35.5 Å². The maximum absolute atomic E-state index is 12.4. The fraction of sp³-hybridized carbons (Fsp3) is 0.444. The van der Waals surface area contributed by atoms with E-state index in [1.807, 2.05) is 24.3 Å². The van der Waals surface area contributed by atoms with Crippen molar-refractivity contribution in [1.82, 2.24) is 0 Å². The molecule has 1 aromatic carbocycles. The van der Waals surface area contributed by atoms with E-state index in [9.17, 15) is 9.59 Å². The van der Waals surface area contributed by atoms with Crippen LogP contribution in [0.3, 0.4) is 0 Å². The molecule has 2 rings (SSSR count). The number of hydrogen-bond acceptors (Lipinski definition) is 6. The van der Waals surface area contributed by atoms with E-state index in [4.69, 9.17) is 14.2 Å². The number of benzene rings is 1. The van der Waals surface area contributed by atoms with Gasteiger partial charge in [-0.1, -0.05) is 39.0 Å². The molecule has 0 unspecified atom stereocenters. The van der Waals surface area contributed by atoms with Crippen molar-refractivity contribution in [3.8, 4) is 0 Å². The first-order chi connectivity index (χ1) is 11.3. The van der Waals surface area contributed by atoms with Crippen molar-refractivity contribution in [2.24, 2.45) is 0 Å². The number of carbonyl (C=O) groups is 2. The van der Waals surface area contributed by atoms with Crippen LogP contribution in [0, 0.1) is 0 Å². The van der Waals surface area contributed by atoms with Gasteiger partial charge in [-0.15, -0.1) is 0 Å². The molecular formula is C18H23NO5. The lowest BCUT2D eigenvalue weighted by Gasteiger charge is -2.35. The highest BCUT2D eigenvalue weighted by Gasteiger charge is 2.34.